The van der Waals surface area contributed by atoms with Gasteiger partial charge in [-0.3, -0.25) is 4.79 Å². The summed E-state index contributed by atoms with van der Waals surface area (Å²) >= 11 is 1.88. The molecule has 0 aromatic rings. The molecular weight excluding hydrogens is 196 g/mol. The molecule has 3 nitrogen and oxygen atoms in total. The van der Waals surface area contributed by atoms with E-state index in [0.717, 1.165) is 19.5 Å². The Labute approximate surface area is 90.4 Å². The molecule has 2 N–H and O–H groups in total. The SMILES string of the molecule is CCCNC(=O)CC1NCCC(C)S1. The van der Waals surface area contributed by atoms with Gasteiger partial charge in [-0.15, -0.1) is 11.8 Å². The third-order valence-corrected chi connectivity index (χ3v) is 3.62. The lowest BCUT2D eigenvalue weighted by molar-refractivity contribution is -0.121. The number of amides is 1. The van der Waals surface area contributed by atoms with Crippen molar-refractivity contribution in [2.45, 2.75) is 43.7 Å². The highest BCUT2D eigenvalue weighted by molar-refractivity contribution is 8.00. The first kappa shape index (κ1) is 11.9. The molecule has 0 aliphatic carbocycles. The van der Waals surface area contributed by atoms with Gasteiger partial charge in [0, 0.05) is 11.8 Å². The van der Waals surface area contributed by atoms with Gasteiger partial charge in [-0.05, 0) is 19.4 Å². The average Bonchev–Trinajstić information content (AvgIpc) is 2.15. The topological polar surface area (TPSA) is 41.1 Å². The Morgan fingerprint density at radius 2 is 2.43 bits per heavy atom. The van der Waals surface area contributed by atoms with Crippen LogP contribution in [-0.4, -0.2) is 29.6 Å². The summed E-state index contributed by atoms with van der Waals surface area (Å²) < 4.78 is 0. The van der Waals surface area contributed by atoms with Gasteiger partial charge in [-0.2, -0.15) is 0 Å². The van der Waals surface area contributed by atoms with Crippen molar-refractivity contribution in [3.8, 4) is 0 Å². The number of carbonyl (C=O) groups is 1. The molecule has 82 valence electrons. The van der Waals surface area contributed by atoms with Crippen LogP contribution >= 0.6 is 11.8 Å². The van der Waals surface area contributed by atoms with Gasteiger partial charge in [0.15, 0.2) is 0 Å². The summed E-state index contributed by atoms with van der Waals surface area (Å²) in [4.78, 5) is 11.4. The van der Waals surface area contributed by atoms with Gasteiger partial charge >= 0.3 is 0 Å². The van der Waals surface area contributed by atoms with Gasteiger partial charge in [-0.1, -0.05) is 13.8 Å². The lowest BCUT2D eigenvalue weighted by Gasteiger charge is -2.27. The van der Waals surface area contributed by atoms with Crippen LogP contribution in [-0.2, 0) is 4.79 Å². The Morgan fingerprint density at radius 1 is 1.64 bits per heavy atom. The molecule has 1 fully saturated rings. The molecule has 0 saturated carbocycles. The zero-order valence-electron chi connectivity index (χ0n) is 9.01. The van der Waals surface area contributed by atoms with Crippen LogP contribution in [0.3, 0.4) is 0 Å². The Morgan fingerprint density at radius 3 is 3.07 bits per heavy atom. The maximum absolute atomic E-state index is 11.4. The third-order valence-electron chi connectivity index (χ3n) is 2.26. The first-order valence-electron chi connectivity index (χ1n) is 5.38. The molecule has 1 amide bonds. The Balaban J connectivity index is 2.18. The molecule has 2 unspecified atom stereocenters. The van der Waals surface area contributed by atoms with Gasteiger partial charge in [0.2, 0.25) is 5.91 Å². The van der Waals surface area contributed by atoms with Gasteiger partial charge in [0.05, 0.1) is 11.8 Å². The van der Waals surface area contributed by atoms with Gasteiger partial charge in [-0.25, -0.2) is 0 Å². The zero-order valence-corrected chi connectivity index (χ0v) is 9.82. The maximum atomic E-state index is 11.4. The van der Waals surface area contributed by atoms with Gasteiger partial charge in [0.25, 0.3) is 0 Å². The van der Waals surface area contributed by atoms with Gasteiger partial charge < -0.3 is 10.6 Å². The highest BCUT2D eigenvalue weighted by atomic mass is 32.2. The monoisotopic (exact) mass is 216 g/mol. The van der Waals surface area contributed by atoms with E-state index in [2.05, 4.69) is 24.5 Å². The van der Waals surface area contributed by atoms with Crippen LogP contribution in [0, 0.1) is 0 Å². The predicted octanol–water partition coefficient (Wildman–Crippen LogP) is 1.34. The number of hydrogen-bond donors (Lipinski definition) is 2. The number of thioether (sulfide) groups is 1. The highest BCUT2D eigenvalue weighted by Gasteiger charge is 2.20. The first-order chi connectivity index (χ1) is 6.72. The predicted molar refractivity (Wildman–Crippen MR) is 61.4 cm³/mol. The summed E-state index contributed by atoms with van der Waals surface area (Å²) in [5, 5.41) is 7.26. The molecule has 0 bridgehead atoms. The maximum Gasteiger partial charge on any atom is 0.222 e. The number of carbonyl (C=O) groups excluding carboxylic acids is 1. The van der Waals surface area contributed by atoms with E-state index in [0.29, 0.717) is 17.0 Å². The average molecular weight is 216 g/mol. The summed E-state index contributed by atoms with van der Waals surface area (Å²) in [6, 6.07) is 0. The van der Waals surface area contributed by atoms with Crippen molar-refractivity contribution in [3.05, 3.63) is 0 Å². The molecule has 1 heterocycles. The molecule has 1 rings (SSSR count). The second-order valence-corrected chi connectivity index (χ2v) is 5.38. The molecule has 0 spiro atoms. The zero-order chi connectivity index (χ0) is 10.4. The Hall–Kier alpha value is -0.220. The molecule has 1 aliphatic heterocycles. The van der Waals surface area contributed by atoms with E-state index < -0.39 is 0 Å². The minimum atomic E-state index is 0.172. The fourth-order valence-corrected chi connectivity index (χ4v) is 2.75. The van der Waals surface area contributed by atoms with E-state index in [-0.39, 0.29) is 5.91 Å². The number of nitrogens with one attached hydrogen (secondary N) is 2. The molecule has 4 heteroatoms. The van der Waals surface area contributed by atoms with Gasteiger partial charge in [0.1, 0.15) is 0 Å². The molecular formula is C10H20N2OS. The summed E-state index contributed by atoms with van der Waals surface area (Å²) in [6.07, 6.45) is 2.82. The number of rotatable bonds is 4. The second kappa shape index (κ2) is 6.30. The fraction of sp³-hybridized carbons (Fsp3) is 0.900. The molecule has 14 heavy (non-hydrogen) atoms. The molecule has 1 aliphatic rings. The molecule has 0 aromatic heterocycles. The van der Waals surface area contributed by atoms with Crippen molar-refractivity contribution in [1.82, 2.24) is 10.6 Å². The minimum Gasteiger partial charge on any atom is -0.356 e. The molecule has 2 atom stereocenters. The lowest BCUT2D eigenvalue weighted by atomic mass is 10.3. The molecule has 1 saturated heterocycles. The third kappa shape index (κ3) is 4.33. The Bertz CT molecular complexity index is 187. The lowest BCUT2D eigenvalue weighted by Crippen LogP contribution is -2.39. The smallest absolute Gasteiger partial charge is 0.222 e. The molecule has 0 aromatic carbocycles. The van der Waals surface area contributed by atoms with E-state index in [4.69, 9.17) is 0 Å². The highest BCUT2D eigenvalue weighted by Crippen LogP contribution is 2.24. The van der Waals surface area contributed by atoms with E-state index >= 15 is 0 Å². The van der Waals surface area contributed by atoms with Crippen LogP contribution in [0.1, 0.15) is 33.1 Å². The normalized spacial score (nSPS) is 27.3. The van der Waals surface area contributed by atoms with Crippen LogP contribution in [0.5, 0.6) is 0 Å². The van der Waals surface area contributed by atoms with E-state index in [1.165, 1.54) is 6.42 Å². The summed E-state index contributed by atoms with van der Waals surface area (Å²) in [5.41, 5.74) is 0. The quantitative estimate of drug-likeness (QED) is 0.745. The van der Waals surface area contributed by atoms with Crippen molar-refractivity contribution in [1.29, 1.82) is 0 Å². The van der Waals surface area contributed by atoms with Crippen molar-refractivity contribution in [2.75, 3.05) is 13.1 Å². The van der Waals surface area contributed by atoms with Crippen LogP contribution in [0.4, 0.5) is 0 Å². The second-order valence-electron chi connectivity index (χ2n) is 3.73. The Kier molecular flexibility index (Phi) is 5.33. The van der Waals surface area contributed by atoms with Crippen molar-refractivity contribution in [2.24, 2.45) is 0 Å². The van der Waals surface area contributed by atoms with E-state index in [9.17, 15) is 4.79 Å². The standard InChI is InChI=1S/C10H20N2OS/c1-3-5-11-9(13)7-10-12-6-4-8(2)14-10/h8,10,12H,3-7H2,1-2H3,(H,11,13). The molecule has 0 radical (unpaired) electrons. The summed E-state index contributed by atoms with van der Waals surface area (Å²) in [6.45, 7) is 6.13. The van der Waals surface area contributed by atoms with Crippen molar-refractivity contribution < 1.29 is 4.79 Å². The minimum absolute atomic E-state index is 0.172. The van der Waals surface area contributed by atoms with E-state index in [1.807, 2.05) is 11.8 Å². The van der Waals surface area contributed by atoms with Crippen LogP contribution in [0.15, 0.2) is 0 Å². The van der Waals surface area contributed by atoms with Crippen molar-refractivity contribution >= 4 is 17.7 Å². The fourth-order valence-electron chi connectivity index (χ4n) is 1.47. The first-order valence-corrected chi connectivity index (χ1v) is 6.32. The van der Waals surface area contributed by atoms with Crippen LogP contribution in [0.25, 0.3) is 0 Å². The van der Waals surface area contributed by atoms with Crippen LogP contribution in [0.2, 0.25) is 0 Å². The number of hydrogen-bond acceptors (Lipinski definition) is 3. The van der Waals surface area contributed by atoms with E-state index in [1.54, 1.807) is 0 Å². The van der Waals surface area contributed by atoms with Crippen molar-refractivity contribution in [3.63, 3.8) is 0 Å². The summed E-state index contributed by atoms with van der Waals surface area (Å²) in [5.74, 6) is 0.172. The summed E-state index contributed by atoms with van der Waals surface area (Å²) in [7, 11) is 0. The van der Waals surface area contributed by atoms with Crippen LogP contribution < -0.4 is 10.6 Å². The largest absolute Gasteiger partial charge is 0.356 e.